The van der Waals surface area contributed by atoms with E-state index < -0.39 is 0 Å². The van der Waals surface area contributed by atoms with E-state index in [1.54, 1.807) is 6.07 Å². The molecule has 0 unspecified atom stereocenters. The van der Waals surface area contributed by atoms with Crippen molar-refractivity contribution in [2.75, 3.05) is 11.9 Å². The Morgan fingerprint density at radius 3 is 2.72 bits per heavy atom. The molecule has 0 saturated heterocycles. The largest absolute Gasteiger partial charge is 0.355 e. The molecule has 0 aliphatic rings. The predicted octanol–water partition coefficient (Wildman–Crippen LogP) is 3.19. The molecule has 96 valence electrons. The molecule has 0 aliphatic heterocycles. The first-order chi connectivity index (χ1) is 8.67. The molecule has 0 radical (unpaired) electrons. The highest BCUT2D eigenvalue weighted by atomic mass is 35.5. The van der Waals surface area contributed by atoms with Crippen LogP contribution in [0.5, 0.6) is 0 Å². The summed E-state index contributed by atoms with van der Waals surface area (Å²) in [6.07, 6.45) is 0. The summed E-state index contributed by atoms with van der Waals surface area (Å²) in [5.74, 6) is 0.965. The Morgan fingerprint density at radius 1 is 1.33 bits per heavy atom. The zero-order valence-corrected chi connectivity index (χ0v) is 11.0. The summed E-state index contributed by atoms with van der Waals surface area (Å²) < 4.78 is 14.9. The van der Waals surface area contributed by atoms with Crippen molar-refractivity contribution in [2.24, 2.45) is 0 Å². The van der Waals surface area contributed by atoms with Crippen LogP contribution in [-0.4, -0.2) is 21.3 Å². The van der Waals surface area contributed by atoms with Gasteiger partial charge in [-0.15, -0.1) is 10.2 Å². The minimum absolute atomic E-state index is 0.333. The third-order valence-corrected chi connectivity index (χ3v) is 2.89. The summed E-state index contributed by atoms with van der Waals surface area (Å²) in [5.41, 5.74) is 0.677. The van der Waals surface area contributed by atoms with Gasteiger partial charge in [-0.2, -0.15) is 0 Å². The molecule has 4 nitrogen and oxygen atoms in total. The number of hydrogen-bond donors (Lipinski definition) is 1. The first-order valence-corrected chi connectivity index (χ1v) is 6.17. The van der Waals surface area contributed by atoms with E-state index in [2.05, 4.69) is 15.5 Å². The molecule has 1 N–H and O–H groups in total. The van der Waals surface area contributed by atoms with Gasteiger partial charge in [-0.05, 0) is 32.0 Å². The Bertz CT molecular complexity index is 553. The van der Waals surface area contributed by atoms with Crippen molar-refractivity contribution in [3.63, 3.8) is 0 Å². The number of benzene rings is 1. The van der Waals surface area contributed by atoms with Crippen molar-refractivity contribution in [1.82, 2.24) is 14.8 Å². The molecule has 1 heterocycles. The second-order valence-corrected chi connectivity index (χ2v) is 4.15. The average molecular weight is 269 g/mol. The molecule has 0 spiro atoms. The van der Waals surface area contributed by atoms with Crippen molar-refractivity contribution in [2.45, 2.75) is 20.4 Å². The molecule has 2 rings (SSSR count). The second kappa shape index (κ2) is 5.35. The highest BCUT2D eigenvalue weighted by Gasteiger charge is 2.14. The van der Waals surface area contributed by atoms with Crippen molar-refractivity contribution in [3.05, 3.63) is 29.0 Å². The van der Waals surface area contributed by atoms with Crippen molar-refractivity contribution in [1.29, 1.82) is 0 Å². The molecule has 1 aromatic carbocycles. The van der Waals surface area contributed by atoms with Gasteiger partial charge in [-0.3, -0.25) is 4.57 Å². The molecule has 1 aromatic heterocycles. The van der Waals surface area contributed by atoms with Crippen LogP contribution in [-0.2, 0) is 6.54 Å². The van der Waals surface area contributed by atoms with Crippen LogP contribution in [0.3, 0.4) is 0 Å². The molecule has 0 saturated carbocycles. The van der Waals surface area contributed by atoms with Gasteiger partial charge in [-0.25, -0.2) is 4.39 Å². The molecule has 0 atom stereocenters. The van der Waals surface area contributed by atoms with Crippen LogP contribution < -0.4 is 5.32 Å². The number of aromatic nitrogens is 3. The van der Waals surface area contributed by atoms with Gasteiger partial charge in [0.15, 0.2) is 5.82 Å². The van der Waals surface area contributed by atoms with E-state index in [4.69, 9.17) is 11.6 Å². The van der Waals surface area contributed by atoms with E-state index >= 15 is 0 Å². The molecular formula is C12H14ClFN4. The maximum absolute atomic E-state index is 13.0. The van der Waals surface area contributed by atoms with Crippen LogP contribution in [0, 0.1) is 5.82 Å². The van der Waals surface area contributed by atoms with Crippen LogP contribution in [0.2, 0.25) is 5.02 Å². The topological polar surface area (TPSA) is 42.7 Å². The van der Waals surface area contributed by atoms with E-state index in [1.165, 1.54) is 12.1 Å². The summed E-state index contributed by atoms with van der Waals surface area (Å²) in [4.78, 5) is 0. The van der Waals surface area contributed by atoms with Gasteiger partial charge in [0.2, 0.25) is 5.95 Å². The number of anilines is 1. The van der Waals surface area contributed by atoms with Crippen molar-refractivity contribution < 1.29 is 4.39 Å². The van der Waals surface area contributed by atoms with Gasteiger partial charge in [-0.1, -0.05) is 11.6 Å². The SMILES string of the molecule is CCNc1nnc(-c2ccc(F)cc2Cl)n1CC. The van der Waals surface area contributed by atoms with Gasteiger partial charge in [0, 0.05) is 18.7 Å². The molecule has 2 aromatic rings. The minimum Gasteiger partial charge on any atom is -0.355 e. The first-order valence-electron chi connectivity index (χ1n) is 5.79. The van der Waals surface area contributed by atoms with E-state index in [0.29, 0.717) is 28.9 Å². The Morgan fingerprint density at radius 2 is 2.11 bits per heavy atom. The van der Waals surface area contributed by atoms with Gasteiger partial charge < -0.3 is 5.32 Å². The predicted molar refractivity (Wildman–Crippen MR) is 70.3 cm³/mol. The van der Waals surface area contributed by atoms with Gasteiger partial charge in [0.1, 0.15) is 5.82 Å². The average Bonchev–Trinajstić information content (AvgIpc) is 2.72. The standard InChI is InChI=1S/C12H14ClFN4/c1-3-15-12-17-16-11(18(12)4-2)9-6-5-8(14)7-10(9)13/h5-7H,3-4H2,1-2H3,(H,15,17). The summed E-state index contributed by atoms with van der Waals surface area (Å²) in [7, 11) is 0. The van der Waals surface area contributed by atoms with E-state index in [-0.39, 0.29) is 5.82 Å². The number of halogens is 2. The molecule has 0 aliphatic carbocycles. The van der Waals surface area contributed by atoms with Crippen LogP contribution in [0.15, 0.2) is 18.2 Å². The summed E-state index contributed by atoms with van der Waals surface area (Å²) in [6.45, 7) is 5.44. The van der Waals surface area contributed by atoms with Crippen LogP contribution in [0.1, 0.15) is 13.8 Å². The van der Waals surface area contributed by atoms with Crippen molar-refractivity contribution in [3.8, 4) is 11.4 Å². The maximum atomic E-state index is 13.0. The third-order valence-electron chi connectivity index (χ3n) is 2.57. The number of rotatable bonds is 4. The van der Waals surface area contributed by atoms with Crippen molar-refractivity contribution >= 4 is 17.5 Å². The summed E-state index contributed by atoms with van der Waals surface area (Å²) in [5, 5.41) is 11.6. The highest BCUT2D eigenvalue weighted by molar-refractivity contribution is 6.33. The highest BCUT2D eigenvalue weighted by Crippen LogP contribution is 2.28. The lowest BCUT2D eigenvalue weighted by atomic mass is 10.2. The molecule has 0 fully saturated rings. The summed E-state index contributed by atoms with van der Waals surface area (Å²) >= 11 is 6.04. The van der Waals surface area contributed by atoms with E-state index in [1.807, 2.05) is 18.4 Å². The zero-order valence-electron chi connectivity index (χ0n) is 10.2. The minimum atomic E-state index is -0.363. The Kier molecular flexibility index (Phi) is 3.81. The normalized spacial score (nSPS) is 10.7. The monoisotopic (exact) mass is 268 g/mol. The van der Waals surface area contributed by atoms with Crippen LogP contribution >= 0.6 is 11.6 Å². The fourth-order valence-electron chi connectivity index (χ4n) is 1.76. The lowest BCUT2D eigenvalue weighted by Crippen LogP contribution is -2.07. The third kappa shape index (κ3) is 2.31. The zero-order chi connectivity index (χ0) is 13.1. The number of nitrogens with one attached hydrogen (secondary N) is 1. The molecular weight excluding hydrogens is 255 g/mol. The number of hydrogen-bond acceptors (Lipinski definition) is 3. The Hall–Kier alpha value is -1.62. The molecule has 0 bridgehead atoms. The first kappa shape index (κ1) is 12.8. The van der Waals surface area contributed by atoms with Crippen LogP contribution in [0.25, 0.3) is 11.4 Å². The Labute approximate surface area is 110 Å². The smallest absolute Gasteiger partial charge is 0.224 e. The molecule has 6 heteroatoms. The van der Waals surface area contributed by atoms with Gasteiger partial charge in [0.25, 0.3) is 0 Å². The van der Waals surface area contributed by atoms with E-state index in [0.717, 1.165) is 6.54 Å². The Balaban J connectivity index is 2.50. The fourth-order valence-corrected chi connectivity index (χ4v) is 2.01. The molecule has 18 heavy (non-hydrogen) atoms. The second-order valence-electron chi connectivity index (χ2n) is 3.75. The van der Waals surface area contributed by atoms with Crippen LogP contribution in [0.4, 0.5) is 10.3 Å². The number of nitrogens with zero attached hydrogens (tertiary/aromatic N) is 3. The van der Waals surface area contributed by atoms with Gasteiger partial charge >= 0.3 is 0 Å². The maximum Gasteiger partial charge on any atom is 0.224 e. The lowest BCUT2D eigenvalue weighted by molar-refractivity contribution is 0.628. The van der Waals surface area contributed by atoms with Gasteiger partial charge in [0.05, 0.1) is 5.02 Å². The molecule has 0 amide bonds. The summed E-state index contributed by atoms with van der Waals surface area (Å²) in [6, 6.07) is 4.25. The quantitative estimate of drug-likeness (QED) is 0.926. The lowest BCUT2D eigenvalue weighted by Gasteiger charge is -2.09. The fraction of sp³-hybridized carbons (Fsp3) is 0.333. The van der Waals surface area contributed by atoms with E-state index in [9.17, 15) is 4.39 Å².